The molecular weight excluding hydrogens is 287 g/mol. The van der Waals surface area contributed by atoms with Gasteiger partial charge in [0.1, 0.15) is 10.2 Å². The zero-order chi connectivity index (χ0) is 12.5. The highest BCUT2D eigenvalue weighted by molar-refractivity contribution is 9.10. The summed E-state index contributed by atoms with van der Waals surface area (Å²) in [6.45, 7) is 5.62. The molecular formula is C9H16BrClO4. The Kier molecular flexibility index (Phi) is 10.2. The second-order valence-electron chi connectivity index (χ2n) is 2.90. The molecule has 0 N–H and O–H groups in total. The van der Waals surface area contributed by atoms with Gasteiger partial charge in [0.25, 0.3) is 0 Å². The number of halogens is 2. The van der Waals surface area contributed by atoms with Gasteiger partial charge in [0, 0.05) is 0 Å². The molecule has 6 heteroatoms. The molecule has 0 amide bonds. The number of esters is 2. The number of alkyl halides is 2. The SMILES string of the molecule is CCOC(=O)CCl.COC(=O)C(C)(C)Br. The van der Waals surface area contributed by atoms with E-state index in [1.54, 1.807) is 20.8 Å². The zero-order valence-corrected chi connectivity index (χ0v) is 11.6. The Morgan fingerprint density at radius 1 is 1.40 bits per heavy atom. The molecule has 0 rings (SSSR count). The summed E-state index contributed by atoms with van der Waals surface area (Å²) in [6, 6.07) is 0. The van der Waals surface area contributed by atoms with Crippen LogP contribution < -0.4 is 0 Å². The summed E-state index contributed by atoms with van der Waals surface area (Å²) in [5.74, 6) is -0.657. The van der Waals surface area contributed by atoms with Crippen LogP contribution in [-0.2, 0) is 19.1 Å². The summed E-state index contributed by atoms with van der Waals surface area (Å²) in [5.41, 5.74) is 0. The van der Waals surface area contributed by atoms with E-state index in [0.29, 0.717) is 6.61 Å². The third-order valence-corrected chi connectivity index (χ3v) is 1.63. The van der Waals surface area contributed by atoms with Crippen molar-refractivity contribution in [2.75, 3.05) is 19.6 Å². The van der Waals surface area contributed by atoms with Crippen molar-refractivity contribution in [3.05, 3.63) is 0 Å². The number of carbonyl (C=O) groups is 2. The van der Waals surface area contributed by atoms with Crippen molar-refractivity contribution in [1.29, 1.82) is 0 Å². The number of hydrogen-bond donors (Lipinski definition) is 0. The van der Waals surface area contributed by atoms with Gasteiger partial charge in [0.05, 0.1) is 13.7 Å². The van der Waals surface area contributed by atoms with Crippen molar-refractivity contribution in [2.45, 2.75) is 25.1 Å². The van der Waals surface area contributed by atoms with Crippen LogP contribution in [-0.4, -0.2) is 35.9 Å². The fraction of sp³-hybridized carbons (Fsp3) is 0.778. The van der Waals surface area contributed by atoms with Crippen LogP contribution in [0.4, 0.5) is 0 Å². The van der Waals surface area contributed by atoms with Crippen molar-refractivity contribution in [2.24, 2.45) is 0 Å². The van der Waals surface area contributed by atoms with Crippen LogP contribution in [0, 0.1) is 0 Å². The van der Waals surface area contributed by atoms with Gasteiger partial charge in [-0.2, -0.15) is 0 Å². The van der Waals surface area contributed by atoms with E-state index in [-0.39, 0.29) is 17.8 Å². The molecule has 0 fully saturated rings. The molecule has 0 atom stereocenters. The predicted molar refractivity (Wildman–Crippen MR) is 62.4 cm³/mol. The Bertz CT molecular complexity index is 201. The summed E-state index contributed by atoms with van der Waals surface area (Å²) in [4.78, 5) is 20.6. The molecule has 0 spiro atoms. The van der Waals surface area contributed by atoms with Gasteiger partial charge in [0.15, 0.2) is 0 Å². The summed E-state index contributed by atoms with van der Waals surface area (Å²) < 4.78 is 8.31. The van der Waals surface area contributed by atoms with Crippen LogP contribution in [0.2, 0.25) is 0 Å². The topological polar surface area (TPSA) is 52.6 Å². The molecule has 0 bridgehead atoms. The number of hydrogen-bond acceptors (Lipinski definition) is 4. The number of rotatable bonds is 3. The van der Waals surface area contributed by atoms with E-state index < -0.39 is 4.32 Å². The molecule has 0 aromatic rings. The van der Waals surface area contributed by atoms with Crippen LogP contribution in [0.3, 0.4) is 0 Å². The van der Waals surface area contributed by atoms with Crippen molar-refractivity contribution < 1.29 is 19.1 Å². The molecule has 90 valence electrons. The Morgan fingerprint density at radius 2 is 1.87 bits per heavy atom. The molecule has 0 aromatic carbocycles. The maximum atomic E-state index is 10.6. The van der Waals surface area contributed by atoms with Crippen molar-refractivity contribution in [3.63, 3.8) is 0 Å². The fourth-order valence-corrected chi connectivity index (χ4v) is 0.681. The molecule has 0 heterocycles. The number of ether oxygens (including phenoxy) is 2. The minimum Gasteiger partial charge on any atom is -0.468 e. The van der Waals surface area contributed by atoms with E-state index in [1.807, 2.05) is 0 Å². The Hall–Kier alpha value is -0.290. The maximum absolute atomic E-state index is 10.6. The lowest BCUT2D eigenvalue weighted by atomic mass is 10.2. The van der Waals surface area contributed by atoms with E-state index in [1.165, 1.54) is 7.11 Å². The number of methoxy groups -OCH3 is 1. The standard InChI is InChI=1S/C5H9BrO2.C4H7ClO2/c1-5(2,6)4(7)8-3;1-2-7-4(6)3-5/h1-3H3;2-3H2,1H3. The molecule has 0 unspecified atom stereocenters. The minimum absolute atomic E-state index is 0.0478. The molecule has 0 aliphatic carbocycles. The monoisotopic (exact) mass is 302 g/mol. The highest BCUT2D eigenvalue weighted by atomic mass is 79.9. The Balaban J connectivity index is 0. The van der Waals surface area contributed by atoms with Gasteiger partial charge in [-0.25, -0.2) is 0 Å². The second-order valence-corrected chi connectivity index (χ2v) is 5.15. The van der Waals surface area contributed by atoms with Crippen molar-refractivity contribution in [3.8, 4) is 0 Å². The summed E-state index contributed by atoms with van der Waals surface area (Å²) in [6.07, 6.45) is 0. The van der Waals surface area contributed by atoms with Gasteiger partial charge in [-0.1, -0.05) is 15.9 Å². The van der Waals surface area contributed by atoms with E-state index in [2.05, 4.69) is 25.4 Å². The predicted octanol–water partition coefficient (Wildman–Crippen LogP) is 2.12. The molecule has 15 heavy (non-hydrogen) atoms. The van der Waals surface area contributed by atoms with Crippen LogP contribution in [0.25, 0.3) is 0 Å². The summed E-state index contributed by atoms with van der Waals surface area (Å²) in [5, 5.41) is 0. The zero-order valence-electron chi connectivity index (χ0n) is 9.30. The van der Waals surface area contributed by atoms with Gasteiger partial charge in [-0.3, -0.25) is 9.59 Å². The quantitative estimate of drug-likeness (QED) is 0.592. The Labute approximate surface area is 103 Å². The first-order valence-corrected chi connectivity index (χ1v) is 5.61. The van der Waals surface area contributed by atoms with E-state index >= 15 is 0 Å². The molecule has 0 aliphatic rings. The summed E-state index contributed by atoms with van der Waals surface area (Å²) >= 11 is 8.19. The van der Waals surface area contributed by atoms with Crippen LogP contribution in [0.1, 0.15) is 20.8 Å². The smallest absolute Gasteiger partial charge is 0.322 e. The normalized spacial score (nSPS) is 9.73. The van der Waals surface area contributed by atoms with Gasteiger partial charge in [-0.15, -0.1) is 11.6 Å². The lowest BCUT2D eigenvalue weighted by Gasteiger charge is -2.10. The first kappa shape index (κ1) is 17.1. The molecule has 0 radical (unpaired) electrons. The van der Waals surface area contributed by atoms with Gasteiger partial charge in [0.2, 0.25) is 0 Å². The van der Waals surface area contributed by atoms with Gasteiger partial charge < -0.3 is 9.47 Å². The molecule has 0 saturated heterocycles. The van der Waals surface area contributed by atoms with Crippen LogP contribution >= 0.6 is 27.5 Å². The van der Waals surface area contributed by atoms with E-state index in [0.717, 1.165) is 0 Å². The summed E-state index contributed by atoms with van der Waals surface area (Å²) in [7, 11) is 1.37. The lowest BCUT2D eigenvalue weighted by Crippen LogP contribution is -2.24. The minimum atomic E-state index is -0.540. The first-order chi connectivity index (χ1) is 6.79. The average molecular weight is 304 g/mol. The molecule has 0 saturated carbocycles. The van der Waals surface area contributed by atoms with Crippen LogP contribution in [0.15, 0.2) is 0 Å². The number of carbonyl (C=O) groups excluding carboxylic acids is 2. The Morgan fingerprint density at radius 3 is 1.93 bits per heavy atom. The fourth-order valence-electron chi connectivity index (χ4n) is 0.442. The molecule has 0 aliphatic heterocycles. The molecule has 0 aromatic heterocycles. The second kappa shape index (κ2) is 8.97. The average Bonchev–Trinajstić information content (AvgIpc) is 2.16. The molecule has 4 nitrogen and oxygen atoms in total. The van der Waals surface area contributed by atoms with Crippen molar-refractivity contribution >= 4 is 39.5 Å². The maximum Gasteiger partial charge on any atom is 0.322 e. The van der Waals surface area contributed by atoms with Crippen molar-refractivity contribution in [1.82, 2.24) is 0 Å². The first-order valence-electron chi connectivity index (χ1n) is 4.28. The van der Waals surface area contributed by atoms with Gasteiger partial charge in [-0.05, 0) is 20.8 Å². The van der Waals surface area contributed by atoms with E-state index in [4.69, 9.17) is 11.6 Å². The third-order valence-electron chi connectivity index (χ3n) is 1.09. The van der Waals surface area contributed by atoms with Crippen LogP contribution in [0.5, 0.6) is 0 Å². The highest BCUT2D eigenvalue weighted by Gasteiger charge is 2.23. The lowest BCUT2D eigenvalue weighted by molar-refractivity contribution is -0.142. The van der Waals surface area contributed by atoms with E-state index in [9.17, 15) is 9.59 Å². The third kappa shape index (κ3) is 11.6. The largest absolute Gasteiger partial charge is 0.468 e. The highest BCUT2D eigenvalue weighted by Crippen LogP contribution is 2.16. The van der Waals surface area contributed by atoms with Gasteiger partial charge >= 0.3 is 11.9 Å².